The van der Waals surface area contributed by atoms with Gasteiger partial charge in [0.15, 0.2) is 5.75 Å². The van der Waals surface area contributed by atoms with Gasteiger partial charge in [-0.05, 0) is 50.8 Å². The van der Waals surface area contributed by atoms with Gasteiger partial charge in [-0.25, -0.2) is 0 Å². The van der Waals surface area contributed by atoms with Crippen molar-refractivity contribution >= 4 is 11.6 Å². The predicted octanol–water partition coefficient (Wildman–Crippen LogP) is 4.56. The summed E-state index contributed by atoms with van der Waals surface area (Å²) < 4.78 is 5.87. The average molecular weight is 348 g/mol. The standard InChI is InChI=1S/C19H26ClN3O/c1-12(2)9-19(5,21)11-24-16-10-23-18(14(4)17(16)20)15-6-7-22-13(3)8-15/h6-8,10,12H,9,11,21H2,1-5H3. The molecule has 130 valence electrons. The Morgan fingerprint density at radius 1 is 1.29 bits per heavy atom. The molecule has 0 aliphatic heterocycles. The quantitative estimate of drug-likeness (QED) is 0.832. The number of pyridine rings is 2. The Bertz CT molecular complexity index is 714. The van der Waals surface area contributed by atoms with E-state index < -0.39 is 5.54 Å². The van der Waals surface area contributed by atoms with Crippen LogP contribution in [0.25, 0.3) is 11.3 Å². The van der Waals surface area contributed by atoms with Gasteiger partial charge in [-0.1, -0.05) is 25.4 Å². The summed E-state index contributed by atoms with van der Waals surface area (Å²) >= 11 is 6.50. The van der Waals surface area contributed by atoms with Gasteiger partial charge in [0.2, 0.25) is 0 Å². The van der Waals surface area contributed by atoms with E-state index >= 15 is 0 Å². The summed E-state index contributed by atoms with van der Waals surface area (Å²) in [6.07, 6.45) is 4.33. The van der Waals surface area contributed by atoms with Crippen molar-refractivity contribution in [3.63, 3.8) is 0 Å². The van der Waals surface area contributed by atoms with Crippen LogP contribution in [0.5, 0.6) is 5.75 Å². The second-order valence-electron chi connectivity index (χ2n) is 7.14. The van der Waals surface area contributed by atoms with E-state index in [1.54, 1.807) is 12.4 Å². The lowest BCUT2D eigenvalue weighted by molar-refractivity contribution is 0.206. The lowest BCUT2D eigenvalue weighted by Crippen LogP contribution is -2.43. The van der Waals surface area contributed by atoms with Crippen molar-refractivity contribution in [3.05, 3.63) is 40.8 Å². The van der Waals surface area contributed by atoms with E-state index in [1.807, 2.05) is 32.9 Å². The van der Waals surface area contributed by atoms with Crippen LogP contribution in [0.1, 0.15) is 38.4 Å². The highest BCUT2D eigenvalue weighted by Crippen LogP contribution is 2.33. The third kappa shape index (κ3) is 4.68. The van der Waals surface area contributed by atoms with Gasteiger partial charge in [0.1, 0.15) is 6.61 Å². The molecule has 0 aliphatic carbocycles. The molecule has 0 spiro atoms. The maximum atomic E-state index is 6.50. The van der Waals surface area contributed by atoms with Crippen LogP contribution < -0.4 is 10.5 Å². The van der Waals surface area contributed by atoms with Crippen LogP contribution in [0, 0.1) is 19.8 Å². The maximum Gasteiger partial charge on any atom is 0.156 e. The van der Waals surface area contributed by atoms with Crippen molar-refractivity contribution in [2.75, 3.05) is 6.61 Å². The predicted molar refractivity (Wildman–Crippen MR) is 99.5 cm³/mol. The zero-order chi connectivity index (χ0) is 17.9. The lowest BCUT2D eigenvalue weighted by atomic mass is 9.93. The molecule has 0 saturated heterocycles. The zero-order valence-corrected chi connectivity index (χ0v) is 15.8. The van der Waals surface area contributed by atoms with E-state index in [1.165, 1.54) is 0 Å². The van der Waals surface area contributed by atoms with Crippen LogP contribution in [-0.4, -0.2) is 22.1 Å². The van der Waals surface area contributed by atoms with Crippen molar-refractivity contribution in [2.24, 2.45) is 11.7 Å². The molecule has 2 aromatic rings. The van der Waals surface area contributed by atoms with Gasteiger partial charge >= 0.3 is 0 Å². The molecule has 2 N–H and O–H groups in total. The topological polar surface area (TPSA) is 61.0 Å². The van der Waals surface area contributed by atoms with Crippen LogP contribution in [0.4, 0.5) is 0 Å². The van der Waals surface area contributed by atoms with Gasteiger partial charge in [0.05, 0.1) is 16.9 Å². The van der Waals surface area contributed by atoms with Crippen molar-refractivity contribution in [3.8, 4) is 17.0 Å². The second kappa shape index (κ2) is 7.49. The summed E-state index contributed by atoms with van der Waals surface area (Å²) in [4.78, 5) is 8.75. The van der Waals surface area contributed by atoms with Gasteiger partial charge in [-0.2, -0.15) is 0 Å². The largest absolute Gasteiger partial charge is 0.488 e. The summed E-state index contributed by atoms with van der Waals surface area (Å²) in [5.41, 5.74) is 9.57. The summed E-state index contributed by atoms with van der Waals surface area (Å²) in [5.74, 6) is 1.08. The molecule has 2 rings (SSSR count). The van der Waals surface area contributed by atoms with Crippen molar-refractivity contribution in [1.82, 2.24) is 9.97 Å². The number of nitrogens with two attached hydrogens (primary N) is 1. The van der Waals surface area contributed by atoms with Gasteiger partial charge in [-0.3, -0.25) is 9.97 Å². The molecule has 0 bridgehead atoms. The Balaban J connectivity index is 2.21. The second-order valence-corrected chi connectivity index (χ2v) is 7.51. The number of aromatic nitrogens is 2. The van der Waals surface area contributed by atoms with Crippen LogP contribution >= 0.6 is 11.6 Å². The first kappa shape index (κ1) is 18.7. The van der Waals surface area contributed by atoms with Gasteiger partial charge in [-0.15, -0.1) is 0 Å². The van der Waals surface area contributed by atoms with E-state index in [-0.39, 0.29) is 0 Å². The SMILES string of the molecule is Cc1cc(-c2ncc(OCC(C)(N)CC(C)C)c(Cl)c2C)ccn1. The first-order valence-corrected chi connectivity index (χ1v) is 8.57. The van der Waals surface area contributed by atoms with E-state index in [0.717, 1.165) is 28.9 Å². The highest BCUT2D eigenvalue weighted by Gasteiger charge is 2.22. The molecule has 24 heavy (non-hydrogen) atoms. The Morgan fingerprint density at radius 2 is 2.00 bits per heavy atom. The molecule has 4 nitrogen and oxygen atoms in total. The fourth-order valence-electron chi connectivity index (χ4n) is 2.88. The summed E-state index contributed by atoms with van der Waals surface area (Å²) in [6.45, 7) is 10.6. The molecular formula is C19H26ClN3O. The normalized spacial score (nSPS) is 13.8. The van der Waals surface area contributed by atoms with Crippen LogP contribution in [-0.2, 0) is 0 Å². The summed E-state index contributed by atoms with van der Waals surface area (Å²) in [5, 5.41) is 0.579. The van der Waals surface area contributed by atoms with Crippen LogP contribution in [0.15, 0.2) is 24.5 Å². The minimum absolute atomic E-state index is 0.397. The van der Waals surface area contributed by atoms with E-state index in [2.05, 4.69) is 23.8 Å². The molecule has 0 aliphatic rings. The summed E-state index contributed by atoms with van der Waals surface area (Å²) in [6, 6.07) is 3.92. The molecule has 0 aromatic carbocycles. The molecule has 1 unspecified atom stereocenters. The minimum atomic E-state index is -0.397. The van der Waals surface area contributed by atoms with Crippen LogP contribution in [0.3, 0.4) is 0 Å². The highest BCUT2D eigenvalue weighted by molar-refractivity contribution is 6.33. The first-order chi connectivity index (χ1) is 11.2. The molecular weight excluding hydrogens is 322 g/mol. The Labute approximate surface area is 149 Å². The number of nitrogens with zero attached hydrogens (tertiary/aromatic N) is 2. The monoisotopic (exact) mass is 347 g/mol. The lowest BCUT2D eigenvalue weighted by Gasteiger charge is -2.27. The molecule has 0 radical (unpaired) electrons. The minimum Gasteiger partial charge on any atom is -0.488 e. The van der Waals surface area contributed by atoms with Crippen molar-refractivity contribution < 1.29 is 4.74 Å². The number of hydrogen-bond donors (Lipinski definition) is 1. The Hall–Kier alpha value is -1.65. The van der Waals surface area contributed by atoms with E-state index in [0.29, 0.717) is 23.3 Å². The van der Waals surface area contributed by atoms with Crippen molar-refractivity contribution in [1.29, 1.82) is 0 Å². The third-order valence-electron chi connectivity index (χ3n) is 3.81. The first-order valence-electron chi connectivity index (χ1n) is 8.19. The molecule has 2 aromatic heterocycles. The number of hydrogen-bond acceptors (Lipinski definition) is 4. The van der Waals surface area contributed by atoms with E-state index in [4.69, 9.17) is 22.1 Å². The molecule has 0 fully saturated rings. The van der Waals surface area contributed by atoms with E-state index in [9.17, 15) is 0 Å². The highest BCUT2D eigenvalue weighted by atomic mass is 35.5. The molecule has 1 atom stereocenters. The third-order valence-corrected chi connectivity index (χ3v) is 4.28. The Kier molecular flexibility index (Phi) is 5.83. The number of aryl methyl sites for hydroxylation is 1. The Morgan fingerprint density at radius 3 is 2.62 bits per heavy atom. The van der Waals surface area contributed by atoms with Crippen molar-refractivity contribution in [2.45, 2.75) is 46.6 Å². The fourth-order valence-corrected chi connectivity index (χ4v) is 3.08. The fraction of sp³-hybridized carbons (Fsp3) is 0.474. The average Bonchev–Trinajstić information content (AvgIpc) is 2.47. The number of rotatable bonds is 6. The van der Waals surface area contributed by atoms with Crippen LogP contribution in [0.2, 0.25) is 5.02 Å². The smallest absolute Gasteiger partial charge is 0.156 e. The van der Waals surface area contributed by atoms with Gasteiger partial charge < -0.3 is 10.5 Å². The molecule has 0 saturated carbocycles. The van der Waals surface area contributed by atoms with Gasteiger partial charge in [0, 0.05) is 23.0 Å². The maximum absolute atomic E-state index is 6.50. The molecule has 2 heterocycles. The molecule has 5 heteroatoms. The van der Waals surface area contributed by atoms with Gasteiger partial charge in [0.25, 0.3) is 0 Å². The summed E-state index contributed by atoms with van der Waals surface area (Å²) in [7, 11) is 0. The number of ether oxygens (including phenoxy) is 1. The number of halogens is 1. The molecule has 0 amide bonds. The zero-order valence-electron chi connectivity index (χ0n) is 15.1.